The van der Waals surface area contributed by atoms with E-state index in [0.717, 1.165) is 16.8 Å². The third-order valence-corrected chi connectivity index (χ3v) is 7.42. The number of nitrogens with one attached hydrogen (secondary N) is 1. The summed E-state index contributed by atoms with van der Waals surface area (Å²) in [5.74, 6) is -0.197. The number of esters is 1. The van der Waals surface area contributed by atoms with Crippen LogP contribution in [0.15, 0.2) is 82.0 Å². The van der Waals surface area contributed by atoms with Crippen molar-refractivity contribution in [3.8, 4) is 11.5 Å². The maximum absolute atomic E-state index is 13.7. The first kappa shape index (κ1) is 25.8. The minimum atomic E-state index is -0.651. The van der Waals surface area contributed by atoms with E-state index < -0.39 is 11.9 Å². The van der Waals surface area contributed by atoms with Crippen molar-refractivity contribution in [2.24, 2.45) is 0 Å². The molecule has 0 unspecified atom stereocenters. The number of ketones is 1. The van der Waals surface area contributed by atoms with Crippen molar-refractivity contribution < 1.29 is 23.8 Å². The van der Waals surface area contributed by atoms with E-state index in [0.29, 0.717) is 50.5 Å². The Bertz CT molecular complexity index is 1500. The number of methoxy groups -OCH3 is 1. The van der Waals surface area contributed by atoms with E-state index in [-0.39, 0.29) is 12.4 Å². The van der Waals surface area contributed by atoms with Gasteiger partial charge in [-0.2, -0.15) is 0 Å². The fraction of sp³-hybridized carbons (Fsp3) is 0.226. The Morgan fingerprint density at radius 3 is 2.42 bits per heavy atom. The first-order chi connectivity index (χ1) is 18.3. The summed E-state index contributed by atoms with van der Waals surface area (Å²) in [6.07, 6.45) is 0. The number of halogens is 1. The second-order valence-corrected chi connectivity index (χ2v) is 10.1. The fourth-order valence-electron chi connectivity index (χ4n) is 5.03. The lowest BCUT2D eigenvalue weighted by molar-refractivity contribution is -0.138. The second kappa shape index (κ2) is 10.5. The number of hydrogen-bond acceptors (Lipinski definition) is 6. The average Bonchev–Trinajstić information content (AvgIpc) is 3.19. The molecule has 1 aliphatic heterocycles. The van der Waals surface area contributed by atoms with Crippen LogP contribution in [0.2, 0.25) is 0 Å². The van der Waals surface area contributed by atoms with Gasteiger partial charge in [0.05, 0.1) is 29.5 Å². The first-order valence-corrected chi connectivity index (χ1v) is 13.2. The van der Waals surface area contributed by atoms with E-state index in [1.807, 2.05) is 74.5 Å². The molecule has 0 bridgehead atoms. The molecule has 0 aromatic heterocycles. The van der Waals surface area contributed by atoms with E-state index in [1.54, 1.807) is 14.0 Å². The van der Waals surface area contributed by atoms with E-state index in [9.17, 15) is 9.59 Å². The summed E-state index contributed by atoms with van der Waals surface area (Å²) >= 11 is 3.66. The zero-order valence-corrected chi connectivity index (χ0v) is 23.3. The van der Waals surface area contributed by atoms with Crippen LogP contribution in [0, 0.1) is 6.92 Å². The van der Waals surface area contributed by atoms with Gasteiger partial charge in [0.15, 0.2) is 17.3 Å². The maximum atomic E-state index is 13.7. The molecule has 1 heterocycles. The van der Waals surface area contributed by atoms with Crippen LogP contribution in [0.4, 0.5) is 0 Å². The lowest BCUT2D eigenvalue weighted by Crippen LogP contribution is -2.29. The highest BCUT2D eigenvalue weighted by Crippen LogP contribution is 2.49. The molecule has 5 rings (SSSR count). The van der Waals surface area contributed by atoms with Gasteiger partial charge in [0.2, 0.25) is 0 Å². The van der Waals surface area contributed by atoms with Crippen LogP contribution in [0.3, 0.4) is 0 Å². The van der Waals surface area contributed by atoms with Crippen LogP contribution >= 0.6 is 15.9 Å². The van der Waals surface area contributed by atoms with Crippen LogP contribution in [-0.2, 0) is 16.1 Å². The van der Waals surface area contributed by atoms with Gasteiger partial charge < -0.3 is 19.5 Å². The molecule has 0 radical (unpaired) electrons. The van der Waals surface area contributed by atoms with E-state index in [2.05, 4.69) is 21.2 Å². The number of Topliss-reactive ketones (excluding diaryl/α,β-unsaturated/α-hetero) is 1. The number of aryl methyl sites for hydroxylation is 1. The molecule has 3 aromatic carbocycles. The first-order valence-electron chi connectivity index (χ1n) is 12.4. The Balaban J connectivity index is 1.60. The van der Waals surface area contributed by atoms with Crippen molar-refractivity contribution in [2.75, 3.05) is 13.7 Å². The topological polar surface area (TPSA) is 73.9 Å². The Morgan fingerprint density at radius 1 is 1.03 bits per heavy atom. The Kier molecular flexibility index (Phi) is 7.13. The molecule has 1 N–H and O–H groups in total. The van der Waals surface area contributed by atoms with Gasteiger partial charge in [-0.1, -0.05) is 54.1 Å². The molecule has 0 spiro atoms. The molecule has 6 nitrogen and oxygen atoms in total. The zero-order chi connectivity index (χ0) is 27.0. The lowest BCUT2D eigenvalue weighted by atomic mass is 9.79. The third kappa shape index (κ3) is 4.52. The van der Waals surface area contributed by atoms with Gasteiger partial charge in [-0.25, -0.2) is 4.79 Å². The highest BCUT2D eigenvalue weighted by atomic mass is 79.9. The number of ether oxygens (including phenoxy) is 3. The quantitative estimate of drug-likeness (QED) is 0.326. The predicted molar refractivity (Wildman–Crippen MR) is 149 cm³/mol. The van der Waals surface area contributed by atoms with Crippen LogP contribution < -0.4 is 14.8 Å². The number of carbonyl (C=O) groups is 2. The fourth-order valence-corrected chi connectivity index (χ4v) is 5.60. The summed E-state index contributed by atoms with van der Waals surface area (Å²) < 4.78 is 18.0. The highest BCUT2D eigenvalue weighted by molar-refractivity contribution is 9.10. The number of fused-ring (bicyclic) bond motifs is 2. The maximum Gasteiger partial charge on any atom is 0.336 e. The number of hydrogen-bond donors (Lipinski definition) is 1. The molecule has 38 heavy (non-hydrogen) atoms. The van der Waals surface area contributed by atoms with Gasteiger partial charge in [0, 0.05) is 28.3 Å². The molecule has 2 aliphatic rings. The van der Waals surface area contributed by atoms with Crippen LogP contribution in [0.5, 0.6) is 11.5 Å². The number of rotatable bonds is 7. The number of carbonyl (C=O) groups excluding carboxylic acids is 2. The van der Waals surface area contributed by atoms with E-state index in [4.69, 9.17) is 14.2 Å². The molecule has 1 atom stereocenters. The standard InChI is InChI=1S/C31H28BrNO5/c1-5-37-31(35)25-18(3)33-28-21-8-6-7-9-22(21)29(34)27(28)26(25)20-14-23(32)30(24(15-20)36-4)38-16-19-12-10-17(2)11-13-19/h6-15,26,33H,5,16H2,1-4H3/t26-/m0/s1. The minimum Gasteiger partial charge on any atom is -0.493 e. The van der Waals surface area contributed by atoms with Gasteiger partial charge >= 0.3 is 5.97 Å². The zero-order valence-electron chi connectivity index (χ0n) is 21.7. The van der Waals surface area contributed by atoms with Gasteiger partial charge in [0.25, 0.3) is 0 Å². The SMILES string of the molecule is CCOC(=O)C1=C(C)NC2=C(C(=O)c3ccccc32)[C@H]1c1cc(Br)c(OCc2ccc(C)cc2)c(OC)c1. The number of allylic oxidation sites excluding steroid dienone is 2. The molecular formula is C31H28BrNO5. The molecule has 3 aromatic rings. The molecule has 1 aliphatic carbocycles. The summed E-state index contributed by atoms with van der Waals surface area (Å²) in [6.45, 7) is 6.22. The molecule has 0 saturated heterocycles. The van der Waals surface area contributed by atoms with Crippen molar-refractivity contribution in [3.05, 3.63) is 110 Å². The summed E-state index contributed by atoms with van der Waals surface area (Å²) in [7, 11) is 1.57. The average molecular weight is 574 g/mol. The van der Waals surface area contributed by atoms with E-state index >= 15 is 0 Å². The van der Waals surface area contributed by atoms with Gasteiger partial charge in [0.1, 0.15) is 6.61 Å². The largest absolute Gasteiger partial charge is 0.493 e. The molecule has 194 valence electrons. The summed E-state index contributed by atoms with van der Waals surface area (Å²) in [4.78, 5) is 26.9. The van der Waals surface area contributed by atoms with Crippen molar-refractivity contribution in [3.63, 3.8) is 0 Å². The summed E-state index contributed by atoms with van der Waals surface area (Å²) in [5.41, 5.74) is 6.63. The Morgan fingerprint density at radius 2 is 1.74 bits per heavy atom. The third-order valence-electron chi connectivity index (χ3n) is 6.83. The minimum absolute atomic E-state index is 0.114. The summed E-state index contributed by atoms with van der Waals surface area (Å²) in [6, 6.07) is 19.3. The van der Waals surface area contributed by atoms with E-state index in [1.165, 1.54) is 5.56 Å². The number of dihydropyridines is 1. The van der Waals surface area contributed by atoms with Crippen LogP contribution in [0.1, 0.15) is 52.4 Å². The Hall–Kier alpha value is -3.84. The molecular weight excluding hydrogens is 546 g/mol. The lowest BCUT2D eigenvalue weighted by Gasteiger charge is -2.30. The van der Waals surface area contributed by atoms with Crippen molar-refractivity contribution >= 4 is 33.4 Å². The van der Waals surface area contributed by atoms with Crippen LogP contribution in [-0.4, -0.2) is 25.5 Å². The summed E-state index contributed by atoms with van der Waals surface area (Å²) in [5, 5.41) is 3.32. The van der Waals surface area contributed by atoms with Gasteiger partial charge in [-0.15, -0.1) is 0 Å². The van der Waals surface area contributed by atoms with Crippen molar-refractivity contribution in [2.45, 2.75) is 33.3 Å². The second-order valence-electron chi connectivity index (χ2n) is 9.29. The molecule has 7 heteroatoms. The van der Waals surface area contributed by atoms with Crippen molar-refractivity contribution in [1.29, 1.82) is 0 Å². The Labute approximate surface area is 230 Å². The van der Waals surface area contributed by atoms with Crippen LogP contribution in [0.25, 0.3) is 5.70 Å². The van der Waals surface area contributed by atoms with Gasteiger partial charge in [-0.05, 0) is 60.0 Å². The molecule has 0 saturated carbocycles. The normalized spacial score (nSPS) is 16.1. The highest BCUT2D eigenvalue weighted by Gasteiger charge is 2.43. The van der Waals surface area contributed by atoms with Crippen molar-refractivity contribution in [1.82, 2.24) is 5.32 Å². The monoisotopic (exact) mass is 573 g/mol. The molecule has 0 fully saturated rings. The molecule has 0 amide bonds. The predicted octanol–water partition coefficient (Wildman–Crippen LogP) is 6.48. The smallest absolute Gasteiger partial charge is 0.336 e. The number of benzene rings is 3. The van der Waals surface area contributed by atoms with Gasteiger partial charge in [-0.3, -0.25) is 4.79 Å².